The summed E-state index contributed by atoms with van der Waals surface area (Å²) < 4.78 is 14.2. The highest BCUT2D eigenvalue weighted by Crippen LogP contribution is 2.34. The van der Waals surface area contributed by atoms with Crippen molar-refractivity contribution in [1.29, 1.82) is 0 Å². The van der Waals surface area contributed by atoms with Crippen molar-refractivity contribution in [3.63, 3.8) is 0 Å². The van der Waals surface area contributed by atoms with Gasteiger partial charge in [-0.1, -0.05) is 44.7 Å². The summed E-state index contributed by atoms with van der Waals surface area (Å²) in [4.78, 5) is 0. The smallest absolute Gasteiger partial charge is 0.128 e. The largest absolute Gasteiger partial charge is 0.310 e. The van der Waals surface area contributed by atoms with E-state index in [0.717, 1.165) is 17.7 Å². The minimum Gasteiger partial charge on any atom is -0.310 e. The molecule has 0 saturated heterocycles. The molecule has 106 valence electrons. The predicted octanol–water partition coefficient (Wildman–Crippen LogP) is 4.76. The van der Waals surface area contributed by atoms with E-state index in [9.17, 15) is 4.39 Å². The van der Waals surface area contributed by atoms with Gasteiger partial charge in [0.25, 0.3) is 0 Å². The van der Waals surface area contributed by atoms with Crippen LogP contribution in [0.2, 0.25) is 0 Å². The molecule has 1 unspecified atom stereocenters. The average Bonchev–Trinajstić information content (AvgIpc) is 2.65. The van der Waals surface area contributed by atoms with E-state index in [0.29, 0.717) is 5.92 Å². The van der Waals surface area contributed by atoms with Crippen molar-refractivity contribution in [2.45, 2.75) is 58.4 Å². The van der Waals surface area contributed by atoms with E-state index in [1.165, 1.54) is 38.5 Å². The Morgan fingerprint density at radius 3 is 2.47 bits per heavy atom. The molecule has 1 saturated carbocycles. The van der Waals surface area contributed by atoms with Crippen LogP contribution in [-0.2, 0) is 0 Å². The van der Waals surface area contributed by atoms with Gasteiger partial charge in [0.15, 0.2) is 0 Å². The molecule has 1 aliphatic carbocycles. The van der Waals surface area contributed by atoms with Crippen molar-refractivity contribution in [1.82, 2.24) is 5.32 Å². The molecule has 19 heavy (non-hydrogen) atoms. The van der Waals surface area contributed by atoms with Crippen molar-refractivity contribution in [3.05, 3.63) is 35.1 Å². The summed E-state index contributed by atoms with van der Waals surface area (Å²) >= 11 is 0. The quantitative estimate of drug-likeness (QED) is 0.773. The molecule has 1 aromatic carbocycles. The zero-order chi connectivity index (χ0) is 13.7. The Balaban J connectivity index is 2.22. The van der Waals surface area contributed by atoms with Gasteiger partial charge in [-0.3, -0.25) is 0 Å². The molecule has 0 bridgehead atoms. The second kappa shape index (κ2) is 7.04. The van der Waals surface area contributed by atoms with Crippen LogP contribution in [0, 0.1) is 18.7 Å². The molecule has 0 heterocycles. The van der Waals surface area contributed by atoms with Gasteiger partial charge in [0.2, 0.25) is 0 Å². The molecule has 1 nitrogen and oxygen atoms in total. The summed E-state index contributed by atoms with van der Waals surface area (Å²) in [5.74, 6) is 0.537. The van der Waals surface area contributed by atoms with Crippen molar-refractivity contribution >= 4 is 0 Å². The number of hydrogen-bond donors (Lipinski definition) is 1. The van der Waals surface area contributed by atoms with Crippen LogP contribution in [0.15, 0.2) is 18.2 Å². The third kappa shape index (κ3) is 3.79. The Labute approximate surface area is 116 Å². The SMILES string of the molecule is CCNC(c1ccc(C)cc1F)C1CCCCCC1. The molecule has 1 N–H and O–H groups in total. The standard InChI is InChI=1S/C17H26FN/c1-3-19-17(14-8-6-4-5-7-9-14)15-11-10-13(2)12-16(15)18/h10-12,14,17,19H,3-9H2,1-2H3. The third-order valence-corrected chi connectivity index (χ3v) is 4.29. The van der Waals surface area contributed by atoms with Gasteiger partial charge in [0.1, 0.15) is 5.82 Å². The number of rotatable bonds is 4. The third-order valence-electron chi connectivity index (χ3n) is 4.29. The summed E-state index contributed by atoms with van der Waals surface area (Å²) in [6.45, 7) is 4.95. The van der Waals surface area contributed by atoms with Crippen molar-refractivity contribution in [3.8, 4) is 0 Å². The van der Waals surface area contributed by atoms with Crippen LogP contribution < -0.4 is 5.32 Å². The van der Waals surface area contributed by atoms with Gasteiger partial charge in [0.05, 0.1) is 0 Å². The lowest BCUT2D eigenvalue weighted by atomic mass is 9.86. The fourth-order valence-electron chi connectivity index (χ4n) is 3.28. The number of nitrogens with one attached hydrogen (secondary N) is 1. The van der Waals surface area contributed by atoms with Crippen LogP contribution in [0.25, 0.3) is 0 Å². The molecule has 0 aliphatic heterocycles. The molecule has 0 spiro atoms. The Bertz CT molecular complexity index is 394. The van der Waals surface area contributed by atoms with Gasteiger partial charge in [-0.2, -0.15) is 0 Å². The highest BCUT2D eigenvalue weighted by Gasteiger charge is 2.25. The van der Waals surface area contributed by atoms with Crippen molar-refractivity contribution in [2.75, 3.05) is 6.54 Å². The molecule has 0 aromatic heterocycles. The molecular formula is C17H26FN. The number of halogens is 1. The molecule has 1 atom stereocenters. The lowest BCUT2D eigenvalue weighted by molar-refractivity contribution is 0.322. The fourth-order valence-corrected chi connectivity index (χ4v) is 3.28. The van der Waals surface area contributed by atoms with Crippen molar-refractivity contribution in [2.24, 2.45) is 5.92 Å². The molecular weight excluding hydrogens is 237 g/mol. The zero-order valence-corrected chi connectivity index (χ0v) is 12.2. The van der Waals surface area contributed by atoms with E-state index in [1.807, 2.05) is 19.1 Å². The van der Waals surface area contributed by atoms with Crippen molar-refractivity contribution < 1.29 is 4.39 Å². The molecule has 2 heteroatoms. The van der Waals surface area contributed by atoms with E-state index in [2.05, 4.69) is 12.2 Å². The summed E-state index contributed by atoms with van der Waals surface area (Å²) in [6.07, 6.45) is 7.72. The monoisotopic (exact) mass is 263 g/mol. The van der Waals surface area contributed by atoms with Gasteiger partial charge >= 0.3 is 0 Å². The minimum atomic E-state index is -0.0461. The first kappa shape index (κ1) is 14.5. The van der Waals surface area contributed by atoms with Gasteiger partial charge in [-0.15, -0.1) is 0 Å². The summed E-state index contributed by atoms with van der Waals surface area (Å²) in [5.41, 5.74) is 1.86. The molecule has 2 rings (SSSR count). The topological polar surface area (TPSA) is 12.0 Å². The molecule has 1 fully saturated rings. The maximum Gasteiger partial charge on any atom is 0.128 e. The number of benzene rings is 1. The molecule has 1 aromatic rings. The van der Waals surface area contributed by atoms with E-state index in [4.69, 9.17) is 0 Å². The zero-order valence-electron chi connectivity index (χ0n) is 12.2. The Morgan fingerprint density at radius 1 is 1.21 bits per heavy atom. The van der Waals surface area contributed by atoms with Crippen LogP contribution in [0.5, 0.6) is 0 Å². The maximum absolute atomic E-state index is 14.2. The highest BCUT2D eigenvalue weighted by atomic mass is 19.1. The normalized spacial score (nSPS) is 19.1. The van der Waals surface area contributed by atoms with E-state index in [-0.39, 0.29) is 11.9 Å². The lowest BCUT2D eigenvalue weighted by Crippen LogP contribution is -2.29. The number of hydrogen-bond acceptors (Lipinski definition) is 1. The summed E-state index contributed by atoms with van der Waals surface area (Å²) in [5, 5.41) is 3.52. The molecule has 1 aliphatic rings. The maximum atomic E-state index is 14.2. The van der Waals surface area contributed by atoms with E-state index < -0.39 is 0 Å². The molecule has 0 amide bonds. The van der Waals surface area contributed by atoms with Gasteiger partial charge in [0, 0.05) is 11.6 Å². The van der Waals surface area contributed by atoms with Crippen LogP contribution in [0.3, 0.4) is 0 Å². The predicted molar refractivity (Wildman–Crippen MR) is 78.7 cm³/mol. The minimum absolute atomic E-state index is 0.0461. The summed E-state index contributed by atoms with van der Waals surface area (Å²) in [7, 11) is 0. The summed E-state index contributed by atoms with van der Waals surface area (Å²) in [6, 6.07) is 5.85. The number of aryl methyl sites for hydroxylation is 1. The highest BCUT2D eigenvalue weighted by molar-refractivity contribution is 5.26. The van der Waals surface area contributed by atoms with Crippen LogP contribution in [0.4, 0.5) is 4.39 Å². The second-order valence-electron chi connectivity index (χ2n) is 5.81. The van der Waals surface area contributed by atoms with Gasteiger partial charge in [-0.05, 0) is 43.9 Å². The fraction of sp³-hybridized carbons (Fsp3) is 0.647. The van der Waals surface area contributed by atoms with Gasteiger partial charge < -0.3 is 5.32 Å². The van der Waals surface area contributed by atoms with E-state index in [1.54, 1.807) is 6.07 Å². The molecule has 0 radical (unpaired) electrons. The Morgan fingerprint density at radius 2 is 1.89 bits per heavy atom. The van der Waals surface area contributed by atoms with Crippen LogP contribution >= 0.6 is 0 Å². The second-order valence-corrected chi connectivity index (χ2v) is 5.81. The Hall–Kier alpha value is -0.890. The lowest BCUT2D eigenvalue weighted by Gasteiger charge is -2.28. The average molecular weight is 263 g/mol. The Kier molecular flexibility index (Phi) is 5.38. The van der Waals surface area contributed by atoms with E-state index >= 15 is 0 Å². The van der Waals surface area contributed by atoms with Crippen LogP contribution in [0.1, 0.15) is 62.6 Å². The first-order chi connectivity index (χ1) is 9.22. The first-order valence-corrected chi connectivity index (χ1v) is 7.71. The van der Waals surface area contributed by atoms with Crippen LogP contribution in [-0.4, -0.2) is 6.54 Å². The first-order valence-electron chi connectivity index (χ1n) is 7.71. The van der Waals surface area contributed by atoms with Gasteiger partial charge in [-0.25, -0.2) is 4.39 Å².